The fraction of sp³-hybridized carbons (Fsp3) is 0.308. The van der Waals surface area contributed by atoms with Crippen LogP contribution in [0.5, 0.6) is 0 Å². The summed E-state index contributed by atoms with van der Waals surface area (Å²) in [6.45, 7) is 1.73. The van der Waals surface area contributed by atoms with Crippen LogP contribution in [0.2, 0.25) is 0 Å². The molecule has 2 nitrogen and oxygen atoms in total. The predicted molar refractivity (Wildman–Crippen MR) is 68.8 cm³/mol. The van der Waals surface area contributed by atoms with Crippen molar-refractivity contribution in [2.75, 3.05) is 19.5 Å². The molecule has 0 saturated carbocycles. The Bertz CT molecular complexity index is 470. The molecule has 16 heavy (non-hydrogen) atoms. The molecule has 0 fully saturated rings. The zero-order chi connectivity index (χ0) is 11.4. The van der Waals surface area contributed by atoms with Gasteiger partial charge in [-0.2, -0.15) is 0 Å². The summed E-state index contributed by atoms with van der Waals surface area (Å²) in [6.07, 6.45) is 0. The third kappa shape index (κ3) is 2.71. The van der Waals surface area contributed by atoms with Crippen molar-refractivity contribution in [3.63, 3.8) is 0 Å². The summed E-state index contributed by atoms with van der Waals surface area (Å²) in [6, 6.07) is 12.4. The molecule has 2 rings (SSSR count). The second-order valence-electron chi connectivity index (χ2n) is 3.92. The van der Waals surface area contributed by atoms with Gasteiger partial charge in [0.25, 0.3) is 0 Å². The molecule has 0 N–H and O–H groups in total. The zero-order valence-corrected chi connectivity index (χ0v) is 10.1. The summed E-state index contributed by atoms with van der Waals surface area (Å²) >= 11 is 5.70. The molecule has 0 aliphatic carbocycles. The number of hydrogen-bond acceptors (Lipinski definition) is 2. The van der Waals surface area contributed by atoms with Gasteiger partial charge in [-0.05, 0) is 19.2 Å². The number of aromatic nitrogens is 1. The van der Waals surface area contributed by atoms with Crippen molar-refractivity contribution in [3.05, 3.63) is 42.1 Å². The maximum atomic E-state index is 5.70. The lowest BCUT2D eigenvalue weighted by atomic mass is 10.2. The highest BCUT2D eigenvalue weighted by Crippen LogP contribution is 2.12. The van der Waals surface area contributed by atoms with Crippen molar-refractivity contribution < 1.29 is 0 Å². The molecule has 0 saturated heterocycles. The number of hydrogen-bond donors (Lipinski definition) is 0. The van der Waals surface area contributed by atoms with Crippen LogP contribution in [-0.4, -0.2) is 29.4 Å². The Kier molecular flexibility index (Phi) is 3.75. The summed E-state index contributed by atoms with van der Waals surface area (Å²) in [5.74, 6) is 0.657. The standard InChI is InChI=1S/C13H15ClN2/c1-16(9-8-14)10-12-7-6-11-4-2-3-5-13(11)15-12/h2-7H,8-10H2,1H3. The van der Waals surface area contributed by atoms with Gasteiger partial charge in [-0.25, -0.2) is 0 Å². The van der Waals surface area contributed by atoms with Gasteiger partial charge in [-0.15, -0.1) is 11.6 Å². The van der Waals surface area contributed by atoms with E-state index in [0.717, 1.165) is 24.3 Å². The highest BCUT2D eigenvalue weighted by molar-refractivity contribution is 6.18. The van der Waals surface area contributed by atoms with Crippen LogP contribution in [0.4, 0.5) is 0 Å². The fourth-order valence-corrected chi connectivity index (χ4v) is 1.98. The highest BCUT2D eigenvalue weighted by Gasteiger charge is 2.01. The van der Waals surface area contributed by atoms with Gasteiger partial charge in [-0.3, -0.25) is 9.88 Å². The van der Waals surface area contributed by atoms with Crippen LogP contribution in [0.25, 0.3) is 10.9 Å². The van der Waals surface area contributed by atoms with Gasteiger partial charge in [0.1, 0.15) is 0 Å². The molecule has 0 aliphatic rings. The van der Waals surface area contributed by atoms with Gasteiger partial charge in [-0.1, -0.05) is 24.3 Å². The third-order valence-corrected chi connectivity index (χ3v) is 2.72. The van der Waals surface area contributed by atoms with Crippen LogP contribution in [0.15, 0.2) is 36.4 Å². The van der Waals surface area contributed by atoms with Gasteiger partial charge >= 0.3 is 0 Å². The van der Waals surface area contributed by atoms with Crippen LogP contribution in [-0.2, 0) is 6.54 Å². The lowest BCUT2D eigenvalue weighted by Gasteiger charge is -2.14. The molecule has 0 unspecified atom stereocenters. The molecule has 2 aromatic rings. The highest BCUT2D eigenvalue weighted by atomic mass is 35.5. The molecule has 3 heteroatoms. The SMILES string of the molecule is CN(CCCl)Cc1ccc2ccccc2n1. The largest absolute Gasteiger partial charge is 0.299 e. The maximum absolute atomic E-state index is 5.70. The summed E-state index contributed by atoms with van der Waals surface area (Å²) in [5, 5.41) is 1.19. The van der Waals surface area contributed by atoms with E-state index in [-0.39, 0.29) is 0 Å². The van der Waals surface area contributed by atoms with Crippen LogP contribution in [0, 0.1) is 0 Å². The lowest BCUT2D eigenvalue weighted by molar-refractivity contribution is 0.344. The number of para-hydroxylation sites is 1. The molecule has 1 heterocycles. The van der Waals surface area contributed by atoms with E-state index in [1.165, 1.54) is 5.39 Å². The van der Waals surface area contributed by atoms with Gasteiger partial charge < -0.3 is 0 Å². The third-order valence-electron chi connectivity index (χ3n) is 2.55. The van der Waals surface area contributed by atoms with Crippen LogP contribution in [0.3, 0.4) is 0 Å². The quantitative estimate of drug-likeness (QED) is 0.757. The van der Waals surface area contributed by atoms with E-state index in [4.69, 9.17) is 11.6 Å². The minimum Gasteiger partial charge on any atom is -0.299 e. The molecule has 0 radical (unpaired) electrons. The molecular formula is C13H15ClN2. The number of halogens is 1. The van der Waals surface area contributed by atoms with E-state index in [1.807, 2.05) is 18.2 Å². The van der Waals surface area contributed by atoms with Crippen molar-refractivity contribution >= 4 is 22.5 Å². The Hall–Kier alpha value is -1.12. The van der Waals surface area contributed by atoms with Crippen molar-refractivity contribution in [1.29, 1.82) is 0 Å². The maximum Gasteiger partial charge on any atom is 0.0705 e. The lowest BCUT2D eigenvalue weighted by Crippen LogP contribution is -2.20. The normalized spacial score (nSPS) is 11.2. The number of nitrogens with zero attached hydrogens (tertiary/aromatic N) is 2. The van der Waals surface area contributed by atoms with Crippen LogP contribution in [0.1, 0.15) is 5.69 Å². The molecule has 0 aliphatic heterocycles. The smallest absolute Gasteiger partial charge is 0.0705 e. The first-order valence-corrected chi connectivity index (χ1v) is 5.92. The van der Waals surface area contributed by atoms with Gasteiger partial charge in [0.15, 0.2) is 0 Å². The zero-order valence-electron chi connectivity index (χ0n) is 9.36. The van der Waals surface area contributed by atoms with Crippen molar-refractivity contribution in [2.24, 2.45) is 0 Å². The van der Waals surface area contributed by atoms with E-state index in [9.17, 15) is 0 Å². The minimum atomic E-state index is 0.657. The van der Waals surface area contributed by atoms with E-state index in [0.29, 0.717) is 5.88 Å². The van der Waals surface area contributed by atoms with Crippen molar-refractivity contribution in [2.45, 2.75) is 6.54 Å². The summed E-state index contributed by atoms with van der Waals surface area (Å²) < 4.78 is 0. The first-order chi connectivity index (χ1) is 7.79. The number of alkyl halides is 1. The number of benzene rings is 1. The summed E-state index contributed by atoms with van der Waals surface area (Å²) in [7, 11) is 2.05. The van der Waals surface area contributed by atoms with Gasteiger partial charge in [0.2, 0.25) is 0 Å². The van der Waals surface area contributed by atoms with Crippen molar-refractivity contribution in [1.82, 2.24) is 9.88 Å². The molecule has 0 bridgehead atoms. The Balaban J connectivity index is 2.19. The number of rotatable bonds is 4. The monoisotopic (exact) mass is 234 g/mol. The second kappa shape index (κ2) is 5.28. The Morgan fingerprint density at radius 2 is 2.00 bits per heavy atom. The molecule has 0 spiro atoms. The van der Waals surface area contributed by atoms with E-state index in [1.54, 1.807) is 0 Å². The fourth-order valence-electron chi connectivity index (χ4n) is 1.70. The first-order valence-electron chi connectivity index (χ1n) is 5.39. The molecule has 1 aromatic carbocycles. The number of fused-ring (bicyclic) bond motifs is 1. The summed E-state index contributed by atoms with van der Waals surface area (Å²) in [5.41, 5.74) is 2.14. The molecule has 0 amide bonds. The second-order valence-corrected chi connectivity index (χ2v) is 4.30. The molecular weight excluding hydrogens is 220 g/mol. The van der Waals surface area contributed by atoms with Crippen molar-refractivity contribution in [3.8, 4) is 0 Å². The predicted octanol–water partition coefficient (Wildman–Crippen LogP) is 2.91. The van der Waals surface area contributed by atoms with Gasteiger partial charge in [0, 0.05) is 24.4 Å². The minimum absolute atomic E-state index is 0.657. The van der Waals surface area contributed by atoms with E-state index < -0.39 is 0 Å². The van der Waals surface area contributed by atoms with E-state index in [2.05, 4.69) is 35.1 Å². The Morgan fingerprint density at radius 3 is 2.81 bits per heavy atom. The Morgan fingerprint density at radius 1 is 1.19 bits per heavy atom. The van der Waals surface area contributed by atoms with Crippen LogP contribution < -0.4 is 0 Å². The van der Waals surface area contributed by atoms with E-state index >= 15 is 0 Å². The van der Waals surface area contributed by atoms with Crippen LogP contribution >= 0.6 is 11.6 Å². The average molecular weight is 235 g/mol. The Labute approximate surface area is 101 Å². The average Bonchev–Trinajstić information content (AvgIpc) is 2.29. The topological polar surface area (TPSA) is 16.1 Å². The molecule has 84 valence electrons. The van der Waals surface area contributed by atoms with Gasteiger partial charge in [0.05, 0.1) is 11.2 Å². The summed E-state index contributed by atoms with van der Waals surface area (Å²) in [4.78, 5) is 6.78. The first kappa shape index (κ1) is 11.4. The molecule has 1 aromatic heterocycles. The molecule has 0 atom stereocenters. The number of pyridine rings is 1.